The molecule has 0 aliphatic heterocycles. The van der Waals surface area contributed by atoms with E-state index in [1.807, 2.05) is 12.1 Å². The lowest BCUT2D eigenvalue weighted by Crippen LogP contribution is -2.43. The summed E-state index contributed by atoms with van der Waals surface area (Å²) in [7, 11) is 4.18. The van der Waals surface area contributed by atoms with Gasteiger partial charge in [-0.05, 0) is 98.5 Å². The third kappa shape index (κ3) is 3.52. The summed E-state index contributed by atoms with van der Waals surface area (Å²) in [5, 5.41) is 9.93. The maximum atomic E-state index is 9.93. The fraction of sp³-hybridized carbons (Fsp3) is 0.680. The lowest BCUT2D eigenvalue weighted by Gasteiger charge is -2.52. The third-order valence-corrected chi connectivity index (χ3v) is 8.04. The van der Waals surface area contributed by atoms with E-state index in [4.69, 9.17) is 4.74 Å². The molecule has 0 amide bonds. The van der Waals surface area contributed by atoms with Crippen LogP contribution < -0.4 is 0 Å². The van der Waals surface area contributed by atoms with Crippen molar-refractivity contribution in [1.29, 1.82) is 0 Å². The Morgan fingerprint density at radius 3 is 2.89 bits per heavy atom. The maximum absolute atomic E-state index is 9.93. The highest BCUT2D eigenvalue weighted by atomic mass is 16.5. The van der Waals surface area contributed by atoms with E-state index in [-0.39, 0.29) is 0 Å². The molecule has 3 aliphatic carbocycles. The largest absolute Gasteiger partial charge is 0.508 e. The highest BCUT2D eigenvalue weighted by Gasteiger charge is 2.54. The normalized spacial score (nSPS) is 35.7. The number of hydrogen-bond acceptors (Lipinski definition) is 3. The van der Waals surface area contributed by atoms with Crippen LogP contribution in [0, 0.1) is 23.2 Å². The molecule has 0 spiro atoms. The van der Waals surface area contributed by atoms with E-state index >= 15 is 0 Å². The number of ether oxygens (including phenoxy) is 1. The molecule has 1 aromatic rings. The van der Waals surface area contributed by atoms with Gasteiger partial charge in [-0.2, -0.15) is 0 Å². The van der Waals surface area contributed by atoms with Crippen molar-refractivity contribution in [1.82, 2.24) is 4.90 Å². The van der Waals surface area contributed by atoms with Crippen molar-refractivity contribution in [2.45, 2.75) is 51.9 Å². The molecule has 0 bridgehead atoms. The van der Waals surface area contributed by atoms with Gasteiger partial charge in [0, 0.05) is 6.54 Å². The number of benzene rings is 1. The first-order chi connectivity index (χ1) is 13.4. The van der Waals surface area contributed by atoms with Crippen LogP contribution in [0.25, 0.3) is 0 Å². The fourth-order valence-electron chi connectivity index (χ4n) is 6.64. The molecule has 2 saturated carbocycles. The number of nitrogens with zero attached hydrogens (tertiary/aromatic N) is 1. The fourth-order valence-corrected chi connectivity index (χ4v) is 6.64. The summed E-state index contributed by atoms with van der Waals surface area (Å²) >= 11 is 0. The van der Waals surface area contributed by atoms with Crippen LogP contribution in [0.4, 0.5) is 0 Å². The van der Waals surface area contributed by atoms with Crippen LogP contribution in [-0.2, 0) is 11.2 Å². The Balaban J connectivity index is 1.50. The van der Waals surface area contributed by atoms with Crippen LogP contribution in [-0.4, -0.2) is 43.9 Å². The van der Waals surface area contributed by atoms with Crippen molar-refractivity contribution in [2.24, 2.45) is 23.2 Å². The van der Waals surface area contributed by atoms with Gasteiger partial charge in [0.05, 0.1) is 13.2 Å². The second kappa shape index (κ2) is 7.84. The molecule has 3 heteroatoms. The van der Waals surface area contributed by atoms with E-state index in [1.54, 1.807) is 5.57 Å². The molecule has 3 nitrogen and oxygen atoms in total. The van der Waals surface area contributed by atoms with E-state index in [1.165, 1.54) is 36.8 Å². The molecule has 154 valence electrons. The predicted molar refractivity (Wildman–Crippen MR) is 115 cm³/mol. The second-order valence-electron chi connectivity index (χ2n) is 9.96. The smallest absolute Gasteiger partial charge is 0.115 e. The Hall–Kier alpha value is -1.32. The summed E-state index contributed by atoms with van der Waals surface area (Å²) in [6, 6.07) is 6.12. The van der Waals surface area contributed by atoms with Crippen molar-refractivity contribution in [2.75, 3.05) is 33.9 Å². The van der Waals surface area contributed by atoms with Gasteiger partial charge in [0.2, 0.25) is 0 Å². The summed E-state index contributed by atoms with van der Waals surface area (Å²) in [5.41, 5.74) is 4.92. The summed E-state index contributed by atoms with van der Waals surface area (Å²) in [6.07, 6.45) is 8.67. The molecule has 4 rings (SSSR count). The van der Waals surface area contributed by atoms with Crippen molar-refractivity contribution < 1.29 is 9.84 Å². The molecule has 0 aromatic heterocycles. The molecule has 3 aliphatic rings. The quantitative estimate of drug-likeness (QED) is 0.574. The minimum atomic E-state index is 0.356. The first-order valence-corrected chi connectivity index (χ1v) is 11.1. The van der Waals surface area contributed by atoms with E-state index in [2.05, 4.69) is 45.0 Å². The van der Waals surface area contributed by atoms with Crippen molar-refractivity contribution in [3.05, 3.63) is 41.0 Å². The standard InChI is InChI=1S/C25H37NO2/c1-17-15-18-16-20(27)6-7-21(18)22-9-11-25(2)19(5-8-23(25)24(17)22)10-13-28-14-12-26(3)4/h6-7,10,16-17,22-24,27H,5,8-9,11-15H2,1-4H3/b19-10+/t17-,22-,23+,24-,25-/m1/s1. The molecule has 0 saturated heterocycles. The van der Waals surface area contributed by atoms with Gasteiger partial charge >= 0.3 is 0 Å². The SMILES string of the molecule is C[C@@H]1Cc2cc(O)ccc2[C@H]2CC[C@]3(C)/C(=C/COCCN(C)C)CC[C@H]3[C@H]12. The molecule has 1 aromatic carbocycles. The van der Waals surface area contributed by atoms with Gasteiger partial charge in [-0.15, -0.1) is 0 Å². The number of rotatable bonds is 5. The Bertz CT molecular complexity index is 740. The van der Waals surface area contributed by atoms with Gasteiger partial charge in [-0.3, -0.25) is 0 Å². The number of fused-ring (bicyclic) bond motifs is 5. The van der Waals surface area contributed by atoms with Crippen LogP contribution >= 0.6 is 0 Å². The number of phenols is 1. The molecular formula is C25H37NO2. The van der Waals surface area contributed by atoms with E-state index in [0.29, 0.717) is 23.0 Å². The number of allylic oxidation sites excluding steroid dienone is 1. The Kier molecular flexibility index (Phi) is 5.59. The zero-order valence-electron chi connectivity index (χ0n) is 18.1. The lowest BCUT2D eigenvalue weighted by molar-refractivity contribution is 0.0484. The van der Waals surface area contributed by atoms with Crippen LogP contribution in [0.5, 0.6) is 5.75 Å². The van der Waals surface area contributed by atoms with E-state index in [9.17, 15) is 5.11 Å². The highest BCUT2D eigenvalue weighted by Crippen LogP contribution is 2.63. The topological polar surface area (TPSA) is 32.7 Å². The Morgan fingerprint density at radius 1 is 1.29 bits per heavy atom. The van der Waals surface area contributed by atoms with Gasteiger partial charge in [0.15, 0.2) is 0 Å². The summed E-state index contributed by atoms with van der Waals surface area (Å²) in [5.74, 6) is 3.35. The van der Waals surface area contributed by atoms with Crippen molar-refractivity contribution >= 4 is 0 Å². The maximum Gasteiger partial charge on any atom is 0.115 e. The third-order valence-electron chi connectivity index (χ3n) is 8.04. The lowest BCUT2D eigenvalue weighted by atomic mass is 9.52. The van der Waals surface area contributed by atoms with Gasteiger partial charge in [-0.1, -0.05) is 31.6 Å². The number of phenolic OH excluding ortho intramolecular Hbond substituents is 1. The molecule has 5 atom stereocenters. The first-order valence-electron chi connectivity index (χ1n) is 11.1. The zero-order valence-corrected chi connectivity index (χ0v) is 18.1. The highest BCUT2D eigenvalue weighted by molar-refractivity contribution is 5.41. The van der Waals surface area contributed by atoms with Crippen LogP contribution in [0.15, 0.2) is 29.8 Å². The minimum absolute atomic E-state index is 0.356. The molecule has 2 fully saturated rings. The summed E-state index contributed by atoms with van der Waals surface area (Å²) < 4.78 is 5.87. The predicted octanol–water partition coefficient (Wildman–Crippen LogP) is 5.00. The minimum Gasteiger partial charge on any atom is -0.508 e. The van der Waals surface area contributed by atoms with Gasteiger partial charge in [0.1, 0.15) is 5.75 Å². The molecular weight excluding hydrogens is 346 g/mol. The van der Waals surface area contributed by atoms with Gasteiger partial charge in [-0.25, -0.2) is 0 Å². The zero-order chi connectivity index (χ0) is 19.9. The molecule has 1 N–H and O–H groups in total. The van der Waals surface area contributed by atoms with Crippen LogP contribution in [0.1, 0.15) is 56.6 Å². The van der Waals surface area contributed by atoms with E-state index in [0.717, 1.165) is 38.0 Å². The Labute approximate surface area is 170 Å². The summed E-state index contributed by atoms with van der Waals surface area (Å²) in [6.45, 7) is 7.53. The molecule has 0 heterocycles. The number of aromatic hydroxyl groups is 1. The summed E-state index contributed by atoms with van der Waals surface area (Å²) in [4.78, 5) is 2.17. The number of hydrogen-bond donors (Lipinski definition) is 1. The average Bonchev–Trinajstić information content (AvgIpc) is 2.97. The molecule has 0 unspecified atom stereocenters. The van der Waals surface area contributed by atoms with Gasteiger partial charge < -0.3 is 14.7 Å². The number of likely N-dealkylation sites (N-methyl/N-ethyl adjacent to an activating group) is 1. The van der Waals surface area contributed by atoms with E-state index < -0.39 is 0 Å². The van der Waals surface area contributed by atoms with Crippen LogP contribution in [0.2, 0.25) is 0 Å². The Morgan fingerprint density at radius 2 is 2.11 bits per heavy atom. The molecule has 28 heavy (non-hydrogen) atoms. The van der Waals surface area contributed by atoms with Gasteiger partial charge in [0.25, 0.3) is 0 Å². The average molecular weight is 384 g/mol. The first kappa shape index (κ1) is 20.0. The monoisotopic (exact) mass is 383 g/mol. The van der Waals surface area contributed by atoms with Crippen molar-refractivity contribution in [3.8, 4) is 5.75 Å². The van der Waals surface area contributed by atoms with Crippen molar-refractivity contribution in [3.63, 3.8) is 0 Å². The van der Waals surface area contributed by atoms with Crippen LogP contribution in [0.3, 0.4) is 0 Å². The second-order valence-corrected chi connectivity index (χ2v) is 9.96. The molecule has 0 radical (unpaired) electrons.